The molecule has 0 radical (unpaired) electrons. The number of ether oxygens (including phenoxy) is 1. The molecule has 2 aromatic carbocycles. The average molecular weight is 424 g/mol. The summed E-state index contributed by atoms with van der Waals surface area (Å²) >= 11 is 0. The number of aryl methyl sites for hydroxylation is 1. The summed E-state index contributed by atoms with van der Waals surface area (Å²) in [5.41, 5.74) is 0.701. The molecule has 1 aliphatic rings. The van der Waals surface area contributed by atoms with Crippen LogP contribution >= 0.6 is 0 Å². The fourth-order valence-electron chi connectivity index (χ4n) is 4.10. The zero-order valence-corrected chi connectivity index (χ0v) is 16.9. The van der Waals surface area contributed by atoms with E-state index in [2.05, 4.69) is 6.58 Å². The van der Waals surface area contributed by atoms with Gasteiger partial charge in [-0.3, -0.25) is 0 Å². The van der Waals surface area contributed by atoms with Crippen LogP contribution in [-0.4, -0.2) is 12.5 Å². The Kier molecular flexibility index (Phi) is 6.84. The van der Waals surface area contributed by atoms with Crippen LogP contribution in [-0.2, 0) is 6.42 Å². The Balaban J connectivity index is 1.80. The molecule has 3 rings (SSSR count). The summed E-state index contributed by atoms with van der Waals surface area (Å²) < 4.78 is 78.1. The lowest BCUT2D eigenvalue weighted by Crippen LogP contribution is -2.34. The first kappa shape index (κ1) is 22.3. The van der Waals surface area contributed by atoms with Crippen LogP contribution in [0.15, 0.2) is 43.0 Å². The standard InChI is InChI=1S/C24H25F5O/c1-3-5-12-30-21-11-9-18(22(26)23(21)27)19-10-8-17(14-24(19,28)29)16-7-6-15(4-2)20(25)13-16/h3,6-7,9,11,13,17,19H,1,4-5,8,10,12,14H2,2H3. The molecule has 0 saturated heterocycles. The van der Waals surface area contributed by atoms with Crippen molar-refractivity contribution in [3.05, 3.63) is 77.1 Å². The van der Waals surface area contributed by atoms with Crippen LogP contribution in [0.5, 0.6) is 5.75 Å². The van der Waals surface area contributed by atoms with Crippen molar-refractivity contribution < 1.29 is 26.7 Å². The molecular weight excluding hydrogens is 399 g/mol. The second kappa shape index (κ2) is 9.19. The third-order valence-corrected chi connectivity index (χ3v) is 5.79. The summed E-state index contributed by atoms with van der Waals surface area (Å²) in [5.74, 6) is -8.49. The van der Waals surface area contributed by atoms with E-state index in [9.17, 15) is 22.0 Å². The molecule has 0 heterocycles. The minimum absolute atomic E-state index is 0.0259. The highest BCUT2D eigenvalue weighted by atomic mass is 19.3. The van der Waals surface area contributed by atoms with Crippen molar-refractivity contribution in [2.24, 2.45) is 0 Å². The van der Waals surface area contributed by atoms with Crippen molar-refractivity contribution in [1.82, 2.24) is 0 Å². The number of hydrogen-bond acceptors (Lipinski definition) is 1. The van der Waals surface area contributed by atoms with E-state index >= 15 is 0 Å². The van der Waals surface area contributed by atoms with Crippen molar-refractivity contribution in [2.45, 2.75) is 56.8 Å². The number of halogens is 5. The van der Waals surface area contributed by atoms with Crippen molar-refractivity contribution >= 4 is 0 Å². The molecule has 1 fully saturated rings. The van der Waals surface area contributed by atoms with Gasteiger partial charge in [0, 0.05) is 12.0 Å². The zero-order chi connectivity index (χ0) is 21.9. The normalized spacial score (nSPS) is 20.7. The van der Waals surface area contributed by atoms with Crippen LogP contribution in [0.1, 0.15) is 61.1 Å². The quantitative estimate of drug-likeness (QED) is 0.257. The van der Waals surface area contributed by atoms with Crippen molar-refractivity contribution in [1.29, 1.82) is 0 Å². The van der Waals surface area contributed by atoms with Gasteiger partial charge in [0.1, 0.15) is 5.82 Å². The predicted molar refractivity (Wildman–Crippen MR) is 107 cm³/mol. The maximum Gasteiger partial charge on any atom is 0.255 e. The lowest BCUT2D eigenvalue weighted by atomic mass is 9.73. The van der Waals surface area contributed by atoms with Gasteiger partial charge in [-0.15, -0.1) is 6.58 Å². The molecule has 1 saturated carbocycles. The largest absolute Gasteiger partial charge is 0.490 e. The summed E-state index contributed by atoms with van der Waals surface area (Å²) in [4.78, 5) is 0. The van der Waals surface area contributed by atoms with Gasteiger partial charge >= 0.3 is 0 Å². The molecule has 0 amide bonds. The zero-order valence-electron chi connectivity index (χ0n) is 16.9. The Hall–Kier alpha value is -2.37. The smallest absolute Gasteiger partial charge is 0.255 e. The van der Waals surface area contributed by atoms with E-state index in [1.807, 2.05) is 6.92 Å². The van der Waals surface area contributed by atoms with Crippen LogP contribution in [0.4, 0.5) is 22.0 Å². The molecule has 2 aromatic rings. The van der Waals surface area contributed by atoms with Crippen LogP contribution < -0.4 is 4.74 Å². The lowest BCUT2D eigenvalue weighted by molar-refractivity contribution is -0.0625. The summed E-state index contributed by atoms with van der Waals surface area (Å²) in [6, 6.07) is 6.98. The van der Waals surface area contributed by atoms with E-state index in [0.29, 0.717) is 30.4 Å². The van der Waals surface area contributed by atoms with Gasteiger partial charge in [-0.1, -0.05) is 31.2 Å². The Morgan fingerprint density at radius 1 is 1.10 bits per heavy atom. The van der Waals surface area contributed by atoms with E-state index < -0.39 is 41.6 Å². The Bertz CT molecular complexity index is 909. The maximum absolute atomic E-state index is 15.0. The first-order valence-electron chi connectivity index (χ1n) is 10.2. The molecule has 0 aliphatic heterocycles. The third kappa shape index (κ3) is 4.52. The minimum atomic E-state index is -3.25. The van der Waals surface area contributed by atoms with Gasteiger partial charge in [-0.25, -0.2) is 17.6 Å². The predicted octanol–water partition coefficient (Wildman–Crippen LogP) is 7.31. The average Bonchev–Trinajstić information content (AvgIpc) is 2.71. The van der Waals surface area contributed by atoms with Crippen molar-refractivity contribution in [2.75, 3.05) is 6.61 Å². The number of alkyl halides is 2. The van der Waals surface area contributed by atoms with Gasteiger partial charge in [-0.2, -0.15) is 4.39 Å². The molecule has 30 heavy (non-hydrogen) atoms. The minimum Gasteiger partial charge on any atom is -0.490 e. The van der Waals surface area contributed by atoms with Crippen molar-refractivity contribution in [3.8, 4) is 5.75 Å². The molecule has 0 N–H and O–H groups in total. The van der Waals surface area contributed by atoms with Crippen LogP contribution in [0.25, 0.3) is 0 Å². The summed E-state index contributed by atoms with van der Waals surface area (Å²) in [7, 11) is 0. The Morgan fingerprint density at radius 3 is 2.50 bits per heavy atom. The highest BCUT2D eigenvalue weighted by Gasteiger charge is 2.47. The highest BCUT2D eigenvalue weighted by Crippen LogP contribution is 2.51. The van der Waals surface area contributed by atoms with Crippen LogP contribution in [0, 0.1) is 17.5 Å². The van der Waals surface area contributed by atoms with Gasteiger partial charge < -0.3 is 4.74 Å². The summed E-state index contributed by atoms with van der Waals surface area (Å²) in [6.45, 7) is 5.45. The maximum atomic E-state index is 15.0. The Morgan fingerprint density at radius 2 is 1.87 bits per heavy atom. The van der Waals surface area contributed by atoms with E-state index in [1.54, 1.807) is 18.2 Å². The molecule has 0 spiro atoms. The van der Waals surface area contributed by atoms with Crippen LogP contribution in [0.2, 0.25) is 0 Å². The second-order valence-electron chi connectivity index (χ2n) is 7.70. The second-order valence-corrected chi connectivity index (χ2v) is 7.70. The van der Waals surface area contributed by atoms with Gasteiger partial charge in [0.05, 0.1) is 12.5 Å². The molecule has 0 bridgehead atoms. The third-order valence-electron chi connectivity index (χ3n) is 5.79. The monoisotopic (exact) mass is 424 g/mol. The highest BCUT2D eigenvalue weighted by molar-refractivity contribution is 5.35. The van der Waals surface area contributed by atoms with E-state index in [-0.39, 0.29) is 24.3 Å². The lowest BCUT2D eigenvalue weighted by Gasteiger charge is -2.36. The molecule has 1 nitrogen and oxygen atoms in total. The SMILES string of the molecule is C=CCCOc1ccc(C2CCC(c3ccc(CC)c(F)c3)CC2(F)F)c(F)c1F. The number of rotatable bonds is 7. The fraction of sp³-hybridized carbons (Fsp3) is 0.417. The molecule has 6 heteroatoms. The Labute approximate surface area is 173 Å². The summed E-state index contributed by atoms with van der Waals surface area (Å²) in [5, 5.41) is 0. The topological polar surface area (TPSA) is 9.23 Å². The van der Waals surface area contributed by atoms with Gasteiger partial charge in [-0.05, 0) is 54.9 Å². The number of benzene rings is 2. The van der Waals surface area contributed by atoms with Gasteiger partial charge in [0.2, 0.25) is 5.82 Å². The first-order valence-corrected chi connectivity index (χ1v) is 10.2. The molecule has 162 valence electrons. The number of hydrogen-bond donors (Lipinski definition) is 0. The van der Waals surface area contributed by atoms with E-state index in [1.165, 1.54) is 18.2 Å². The molecule has 2 unspecified atom stereocenters. The van der Waals surface area contributed by atoms with E-state index in [0.717, 1.165) is 0 Å². The first-order chi connectivity index (χ1) is 14.3. The summed E-state index contributed by atoms with van der Waals surface area (Å²) in [6.07, 6.45) is 2.31. The molecule has 0 aromatic heterocycles. The molecule has 2 atom stereocenters. The van der Waals surface area contributed by atoms with Gasteiger partial charge in [0.25, 0.3) is 5.92 Å². The van der Waals surface area contributed by atoms with E-state index in [4.69, 9.17) is 4.74 Å². The molecule has 1 aliphatic carbocycles. The molecular formula is C24H25F5O. The van der Waals surface area contributed by atoms with Gasteiger partial charge in [0.15, 0.2) is 11.6 Å². The van der Waals surface area contributed by atoms with Crippen molar-refractivity contribution in [3.63, 3.8) is 0 Å². The van der Waals surface area contributed by atoms with Crippen LogP contribution in [0.3, 0.4) is 0 Å². The fourth-order valence-corrected chi connectivity index (χ4v) is 4.10.